The lowest BCUT2D eigenvalue weighted by molar-refractivity contribution is -0.137. The van der Waals surface area contributed by atoms with Gasteiger partial charge in [0.15, 0.2) is 12.2 Å². The summed E-state index contributed by atoms with van der Waals surface area (Å²) in [5.41, 5.74) is 0.159. The van der Waals surface area contributed by atoms with E-state index < -0.39 is 17.6 Å². The first-order chi connectivity index (χ1) is 13.4. The van der Waals surface area contributed by atoms with Crippen LogP contribution in [0.15, 0.2) is 65.5 Å². The fraction of sp³-hybridized carbons (Fsp3) is 0.100. The quantitative estimate of drug-likeness (QED) is 0.624. The van der Waals surface area contributed by atoms with Gasteiger partial charge < -0.3 is 14.5 Å². The first-order valence-corrected chi connectivity index (χ1v) is 8.10. The topological polar surface area (TPSA) is 64.4 Å². The Morgan fingerprint density at radius 1 is 1.21 bits per heavy atom. The molecule has 3 rings (SSSR count). The number of amides is 1. The van der Waals surface area contributed by atoms with Crippen LogP contribution in [0.2, 0.25) is 0 Å². The van der Waals surface area contributed by atoms with Crippen LogP contribution in [0.1, 0.15) is 11.1 Å². The molecule has 1 amide bonds. The number of alkyl halides is 3. The lowest BCUT2D eigenvalue weighted by Gasteiger charge is -2.10. The number of oxazole rings is 1. The molecular formula is C20H15F3N2O3. The monoisotopic (exact) mass is 388 g/mol. The minimum Gasteiger partial charge on any atom is -0.496 e. The smallest absolute Gasteiger partial charge is 0.416 e. The number of anilines is 1. The predicted molar refractivity (Wildman–Crippen MR) is 97.6 cm³/mol. The number of nitrogens with zero attached hydrogens (tertiary/aromatic N) is 1. The van der Waals surface area contributed by atoms with Crippen LogP contribution < -0.4 is 10.1 Å². The number of halogens is 3. The molecular weight excluding hydrogens is 373 g/mol. The summed E-state index contributed by atoms with van der Waals surface area (Å²) in [6.07, 6.45) is 0.478. The van der Waals surface area contributed by atoms with Crippen molar-refractivity contribution in [3.05, 3.63) is 72.3 Å². The highest BCUT2D eigenvalue weighted by atomic mass is 19.4. The van der Waals surface area contributed by atoms with Crippen LogP contribution in [-0.4, -0.2) is 18.0 Å². The Kier molecular flexibility index (Phi) is 5.49. The summed E-state index contributed by atoms with van der Waals surface area (Å²) in [6.45, 7) is 0. The second-order valence-corrected chi connectivity index (χ2v) is 5.69. The molecule has 0 atom stereocenters. The Balaban J connectivity index is 1.76. The molecule has 0 saturated carbocycles. The number of ether oxygens (including phenoxy) is 1. The molecule has 1 aromatic heterocycles. The number of hydrogen-bond donors (Lipinski definition) is 1. The maximum atomic E-state index is 13.0. The van der Waals surface area contributed by atoms with Crippen LogP contribution in [-0.2, 0) is 11.0 Å². The van der Waals surface area contributed by atoms with Crippen LogP contribution in [0, 0.1) is 0 Å². The molecule has 1 N–H and O–H groups in total. The summed E-state index contributed by atoms with van der Waals surface area (Å²) in [5, 5.41) is 2.58. The molecule has 0 unspecified atom stereocenters. The van der Waals surface area contributed by atoms with Crippen molar-refractivity contribution in [2.45, 2.75) is 6.18 Å². The Morgan fingerprint density at radius 2 is 2.00 bits per heavy atom. The maximum Gasteiger partial charge on any atom is 0.416 e. The van der Waals surface area contributed by atoms with Gasteiger partial charge in [-0.15, -0.1) is 0 Å². The maximum absolute atomic E-state index is 13.0. The fourth-order valence-electron chi connectivity index (χ4n) is 2.57. The van der Waals surface area contributed by atoms with Gasteiger partial charge in [0.2, 0.25) is 5.91 Å². The first-order valence-electron chi connectivity index (χ1n) is 8.10. The van der Waals surface area contributed by atoms with Gasteiger partial charge in [0.25, 0.3) is 0 Å². The van der Waals surface area contributed by atoms with Crippen LogP contribution in [0.4, 0.5) is 18.9 Å². The zero-order valence-electron chi connectivity index (χ0n) is 14.7. The summed E-state index contributed by atoms with van der Waals surface area (Å²) in [6, 6.07) is 9.90. The van der Waals surface area contributed by atoms with E-state index in [1.807, 2.05) is 0 Å². The molecule has 5 nitrogen and oxygen atoms in total. The Bertz CT molecular complexity index is 996. The summed E-state index contributed by atoms with van der Waals surface area (Å²) < 4.78 is 49.5. The molecule has 28 heavy (non-hydrogen) atoms. The predicted octanol–water partition coefficient (Wildman–Crippen LogP) is 5.02. The van der Waals surface area contributed by atoms with Crippen LogP contribution in [0.5, 0.6) is 5.75 Å². The zero-order valence-corrected chi connectivity index (χ0v) is 14.7. The molecule has 0 aliphatic carbocycles. The minimum atomic E-state index is -4.50. The van der Waals surface area contributed by atoms with Gasteiger partial charge in [0.05, 0.1) is 24.4 Å². The van der Waals surface area contributed by atoms with Crippen molar-refractivity contribution in [3.63, 3.8) is 0 Å². The van der Waals surface area contributed by atoms with E-state index >= 15 is 0 Å². The number of nitrogens with one attached hydrogen (secondary N) is 1. The molecule has 0 aliphatic heterocycles. The lowest BCUT2D eigenvalue weighted by atomic mass is 10.1. The van der Waals surface area contributed by atoms with E-state index in [1.165, 1.54) is 37.9 Å². The average Bonchev–Trinajstić information content (AvgIpc) is 3.20. The van der Waals surface area contributed by atoms with Gasteiger partial charge in [0.1, 0.15) is 5.75 Å². The molecule has 0 bridgehead atoms. The number of rotatable bonds is 5. The van der Waals surface area contributed by atoms with Gasteiger partial charge in [0, 0.05) is 17.8 Å². The summed E-state index contributed by atoms with van der Waals surface area (Å²) in [7, 11) is 1.47. The summed E-state index contributed by atoms with van der Waals surface area (Å²) in [4.78, 5) is 16.0. The van der Waals surface area contributed by atoms with Gasteiger partial charge in [-0.05, 0) is 29.8 Å². The Labute approximate surface area is 158 Å². The van der Waals surface area contributed by atoms with E-state index in [0.29, 0.717) is 22.8 Å². The molecule has 144 valence electrons. The van der Waals surface area contributed by atoms with Crippen molar-refractivity contribution in [1.29, 1.82) is 0 Å². The molecule has 3 aromatic rings. The van der Waals surface area contributed by atoms with Crippen molar-refractivity contribution in [1.82, 2.24) is 4.98 Å². The molecule has 0 spiro atoms. The normalized spacial score (nSPS) is 11.6. The molecule has 0 saturated heterocycles. The second kappa shape index (κ2) is 7.99. The summed E-state index contributed by atoms with van der Waals surface area (Å²) >= 11 is 0. The summed E-state index contributed by atoms with van der Waals surface area (Å²) in [5.74, 6) is 0.366. The molecule has 8 heteroatoms. The number of hydrogen-bond acceptors (Lipinski definition) is 4. The Hall–Kier alpha value is -3.55. The van der Waals surface area contributed by atoms with Crippen LogP contribution >= 0.6 is 0 Å². The van der Waals surface area contributed by atoms with Crippen LogP contribution in [0.25, 0.3) is 17.4 Å². The van der Waals surface area contributed by atoms with Gasteiger partial charge in [-0.1, -0.05) is 18.2 Å². The van der Waals surface area contributed by atoms with Crippen molar-refractivity contribution < 1.29 is 27.1 Å². The SMILES string of the molecule is COc1cc(NC(=O)/C=C/c2ccccc2C(F)(F)F)ccc1-c1cnco1. The molecule has 0 fully saturated rings. The minimum absolute atomic E-state index is 0.0941. The highest BCUT2D eigenvalue weighted by molar-refractivity contribution is 6.02. The van der Waals surface area contributed by atoms with E-state index in [4.69, 9.17) is 9.15 Å². The second-order valence-electron chi connectivity index (χ2n) is 5.69. The largest absolute Gasteiger partial charge is 0.496 e. The third kappa shape index (κ3) is 4.40. The van der Waals surface area contributed by atoms with E-state index in [-0.39, 0.29) is 5.56 Å². The molecule has 1 heterocycles. The van der Waals surface area contributed by atoms with Gasteiger partial charge in [-0.3, -0.25) is 4.79 Å². The molecule has 2 aromatic carbocycles. The van der Waals surface area contributed by atoms with E-state index in [1.54, 1.807) is 18.2 Å². The van der Waals surface area contributed by atoms with Gasteiger partial charge in [-0.25, -0.2) is 4.98 Å². The third-order valence-electron chi connectivity index (χ3n) is 3.85. The Morgan fingerprint density at radius 3 is 2.68 bits per heavy atom. The zero-order chi connectivity index (χ0) is 20.1. The number of aromatic nitrogens is 1. The number of carbonyl (C=O) groups excluding carboxylic acids is 1. The first kappa shape index (κ1) is 19.2. The number of benzene rings is 2. The molecule has 0 radical (unpaired) electrons. The number of carbonyl (C=O) groups is 1. The van der Waals surface area contributed by atoms with Crippen molar-refractivity contribution in [2.75, 3.05) is 12.4 Å². The van der Waals surface area contributed by atoms with Crippen molar-refractivity contribution in [2.24, 2.45) is 0 Å². The standard InChI is InChI=1S/C20H15F3N2O3/c1-27-17-10-14(7-8-15(17)18-11-24-12-28-18)25-19(26)9-6-13-4-2-3-5-16(13)20(21,22)23/h2-12H,1H3,(H,25,26)/b9-6+. The lowest BCUT2D eigenvalue weighted by Crippen LogP contribution is -2.09. The third-order valence-corrected chi connectivity index (χ3v) is 3.85. The van der Waals surface area contributed by atoms with E-state index in [2.05, 4.69) is 10.3 Å². The van der Waals surface area contributed by atoms with Crippen molar-refractivity contribution >= 4 is 17.7 Å². The van der Waals surface area contributed by atoms with E-state index in [9.17, 15) is 18.0 Å². The molecule has 0 aliphatic rings. The van der Waals surface area contributed by atoms with E-state index in [0.717, 1.165) is 18.2 Å². The fourth-order valence-corrected chi connectivity index (χ4v) is 2.57. The van der Waals surface area contributed by atoms with Gasteiger partial charge >= 0.3 is 6.18 Å². The van der Waals surface area contributed by atoms with Crippen LogP contribution in [0.3, 0.4) is 0 Å². The number of methoxy groups -OCH3 is 1. The van der Waals surface area contributed by atoms with Crippen molar-refractivity contribution in [3.8, 4) is 17.1 Å². The van der Waals surface area contributed by atoms with Gasteiger partial charge in [-0.2, -0.15) is 13.2 Å². The highest BCUT2D eigenvalue weighted by Gasteiger charge is 2.32. The average molecular weight is 388 g/mol. The highest BCUT2D eigenvalue weighted by Crippen LogP contribution is 2.33.